The van der Waals surface area contributed by atoms with E-state index in [1.807, 2.05) is 61.5 Å². The summed E-state index contributed by atoms with van der Waals surface area (Å²) in [6.45, 7) is 4.05. The van der Waals surface area contributed by atoms with Crippen LogP contribution in [-0.4, -0.2) is 24.1 Å². The van der Waals surface area contributed by atoms with E-state index in [-0.39, 0.29) is 11.8 Å². The Kier molecular flexibility index (Phi) is 6.23. The van der Waals surface area contributed by atoms with Gasteiger partial charge in [-0.1, -0.05) is 30.3 Å². The van der Waals surface area contributed by atoms with E-state index in [9.17, 15) is 9.59 Å². The molecule has 0 bridgehead atoms. The van der Waals surface area contributed by atoms with E-state index in [1.165, 1.54) is 18.7 Å². The van der Waals surface area contributed by atoms with Gasteiger partial charge in [0.1, 0.15) is 0 Å². The summed E-state index contributed by atoms with van der Waals surface area (Å²) in [5.41, 5.74) is 1.64. The number of hydrogen-bond donors (Lipinski definition) is 1. The van der Waals surface area contributed by atoms with Crippen molar-refractivity contribution < 1.29 is 9.59 Å². The molecule has 0 aromatic heterocycles. The molecule has 1 N–H and O–H groups in total. The first-order valence-electron chi connectivity index (χ1n) is 7.46. The maximum absolute atomic E-state index is 12.5. The molecule has 0 aliphatic heterocycles. The quantitative estimate of drug-likeness (QED) is 0.821. The minimum absolute atomic E-state index is 0.0429. The highest BCUT2D eigenvalue weighted by Crippen LogP contribution is 2.27. The van der Waals surface area contributed by atoms with Crippen LogP contribution in [0.15, 0.2) is 59.5 Å². The summed E-state index contributed by atoms with van der Waals surface area (Å²) in [6.07, 6.45) is 0. The molecule has 0 spiro atoms. The molecule has 2 aromatic rings. The molecule has 0 fully saturated rings. The zero-order chi connectivity index (χ0) is 16.7. The van der Waals surface area contributed by atoms with Crippen molar-refractivity contribution >= 4 is 35.0 Å². The normalized spacial score (nSPS) is 10.2. The zero-order valence-corrected chi connectivity index (χ0v) is 14.1. The van der Waals surface area contributed by atoms with Gasteiger partial charge >= 0.3 is 0 Å². The Morgan fingerprint density at radius 1 is 1.04 bits per heavy atom. The molecular formula is C18H20N2O2S. The fourth-order valence-corrected chi connectivity index (χ4v) is 3.10. The third-order valence-corrected chi connectivity index (χ3v) is 4.29. The number of nitrogens with zero attached hydrogens (tertiary/aromatic N) is 1. The highest BCUT2D eigenvalue weighted by atomic mass is 32.2. The van der Waals surface area contributed by atoms with E-state index in [1.54, 1.807) is 4.90 Å². The van der Waals surface area contributed by atoms with Crippen LogP contribution in [-0.2, 0) is 9.59 Å². The molecule has 0 saturated carbocycles. The van der Waals surface area contributed by atoms with Crippen molar-refractivity contribution in [2.24, 2.45) is 0 Å². The van der Waals surface area contributed by atoms with Crippen LogP contribution < -0.4 is 10.2 Å². The van der Waals surface area contributed by atoms with Crippen molar-refractivity contribution in [3.05, 3.63) is 54.6 Å². The summed E-state index contributed by atoms with van der Waals surface area (Å²) in [5, 5.41) is 2.79. The average Bonchev–Trinajstić information content (AvgIpc) is 2.55. The lowest BCUT2D eigenvalue weighted by atomic mass is 10.3. The SMILES string of the molecule is CCN(C(=O)CSc1ccccc1NC(C)=O)c1ccccc1. The standard InChI is InChI=1S/C18H20N2O2S/c1-3-20(15-9-5-4-6-10-15)18(22)13-23-17-12-8-7-11-16(17)19-14(2)21/h4-12H,3,13H2,1-2H3,(H,19,21). The van der Waals surface area contributed by atoms with E-state index < -0.39 is 0 Å². The maximum atomic E-state index is 12.5. The number of carbonyl (C=O) groups is 2. The second-order valence-electron chi connectivity index (χ2n) is 4.94. The average molecular weight is 328 g/mol. The zero-order valence-electron chi connectivity index (χ0n) is 13.3. The first kappa shape index (κ1) is 17.1. The van der Waals surface area contributed by atoms with Gasteiger partial charge in [-0.05, 0) is 31.2 Å². The summed E-state index contributed by atoms with van der Waals surface area (Å²) in [7, 11) is 0. The van der Waals surface area contributed by atoms with Crippen LogP contribution in [0, 0.1) is 0 Å². The number of benzene rings is 2. The van der Waals surface area contributed by atoms with Crippen LogP contribution in [0.25, 0.3) is 0 Å². The van der Waals surface area contributed by atoms with Gasteiger partial charge in [0.05, 0.1) is 11.4 Å². The van der Waals surface area contributed by atoms with E-state index in [4.69, 9.17) is 0 Å². The third kappa shape index (κ3) is 4.86. The summed E-state index contributed by atoms with van der Waals surface area (Å²) in [5.74, 6) is 0.240. The first-order chi connectivity index (χ1) is 11.1. The van der Waals surface area contributed by atoms with Crippen molar-refractivity contribution in [1.82, 2.24) is 0 Å². The third-order valence-electron chi connectivity index (χ3n) is 3.23. The molecule has 0 saturated heterocycles. The van der Waals surface area contributed by atoms with E-state index in [0.29, 0.717) is 12.3 Å². The van der Waals surface area contributed by atoms with Gasteiger partial charge in [-0.3, -0.25) is 9.59 Å². The number of nitrogens with one attached hydrogen (secondary N) is 1. The van der Waals surface area contributed by atoms with Crippen LogP contribution in [0.1, 0.15) is 13.8 Å². The van der Waals surface area contributed by atoms with Gasteiger partial charge < -0.3 is 10.2 Å². The lowest BCUT2D eigenvalue weighted by Gasteiger charge is -2.21. The van der Waals surface area contributed by atoms with Crippen LogP contribution in [0.3, 0.4) is 0 Å². The molecule has 5 heteroatoms. The van der Waals surface area contributed by atoms with Crippen molar-refractivity contribution in [2.45, 2.75) is 18.7 Å². The fraction of sp³-hybridized carbons (Fsp3) is 0.222. The van der Waals surface area contributed by atoms with Crippen molar-refractivity contribution in [3.63, 3.8) is 0 Å². The summed E-state index contributed by atoms with van der Waals surface area (Å²) in [6, 6.07) is 17.1. The molecule has 2 rings (SSSR count). The summed E-state index contributed by atoms with van der Waals surface area (Å²) >= 11 is 1.43. The van der Waals surface area contributed by atoms with Crippen LogP contribution >= 0.6 is 11.8 Å². The lowest BCUT2D eigenvalue weighted by Crippen LogP contribution is -2.32. The Bertz CT molecular complexity index is 674. The van der Waals surface area contributed by atoms with Crippen LogP contribution in [0.2, 0.25) is 0 Å². The minimum atomic E-state index is -0.121. The monoisotopic (exact) mass is 328 g/mol. The maximum Gasteiger partial charge on any atom is 0.237 e. The number of rotatable bonds is 6. The molecule has 120 valence electrons. The highest BCUT2D eigenvalue weighted by Gasteiger charge is 2.15. The molecule has 0 radical (unpaired) electrons. The number of carbonyl (C=O) groups excluding carboxylic acids is 2. The van der Waals surface area contributed by atoms with Gasteiger partial charge in [0, 0.05) is 24.1 Å². The fourth-order valence-electron chi connectivity index (χ4n) is 2.21. The summed E-state index contributed by atoms with van der Waals surface area (Å²) in [4.78, 5) is 26.4. The number of para-hydroxylation sites is 2. The Labute approximate surface area is 140 Å². The number of anilines is 2. The van der Waals surface area contributed by atoms with Crippen LogP contribution in [0.5, 0.6) is 0 Å². The van der Waals surface area contributed by atoms with Gasteiger partial charge in [0.2, 0.25) is 11.8 Å². The van der Waals surface area contributed by atoms with Gasteiger partial charge in [-0.15, -0.1) is 11.8 Å². The lowest BCUT2D eigenvalue weighted by molar-refractivity contribution is -0.116. The highest BCUT2D eigenvalue weighted by molar-refractivity contribution is 8.00. The predicted molar refractivity (Wildman–Crippen MR) is 95.9 cm³/mol. The molecule has 0 aliphatic carbocycles. The number of amides is 2. The molecule has 2 aromatic carbocycles. The van der Waals surface area contributed by atoms with Gasteiger partial charge in [0.25, 0.3) is 0 Å². The van der Waals surface area contributed by atoms with Gasteiger partial charge in [0.15, 0.2) is 0 Å². The van der Waals surface area contributed by atoms with Crippen molar-refractivity contribution in [3.8, 4) is 0 Å². The largest absolute Gasteiger partial charge is 0.325 e. The molecule has 0 atom stereocenters. The van der Waals surface area contributed by atoms with Crippen molar-refractivity contribution in [1.29, 1.82) is 0 Å². The smallest absolute Gasteiger partial charge is 0.237 e. The summed E-state index contributed by atoms with van der Waals surface area (Å²) < 4.78 is 0. The first-order valence-corrected chi connectivity index (χ1v) is 8.45. The number of thioether (sulfide) groups is 1. The van der Waals surface area contributed by atoms with Gasteiger partial charge in [-0.2, -0.15) is 0 Å². The Morgan fingerprint density at radius 2 is 1.70 bits per heavy atom. The molecule has 0 unspecified atom stereocenters. The van der Waals surface area contributed by atoms with Gasteiger partial charge in [-0.25, -0.2) is 0 Å². The predicted octanol–water partition coefficient (Wildman–Crippen LogP) is 3.79. The Hall–Kier alpha value is -2.27. The number of hydrogen-bond acceptors (Lipinski definition) is 3. The second-order valence-corrected chi connectivity index (χ2v) is 5.96. The molecular weight excluding hydrogens is 308 g/mol. The van der Waals surface area contributed by atoms with Crippen LogP contribution in [0.4, 0.5) is 11.4 Å². The van der Waals surface area contributed by atoms with E-state index in [0.717, 1.165) is 16.3 Å². The molecule has 0 aliphatic rings. The Balaban J connectivity index is 2.05. The Morgan fingerprint density at radius 3 is 2.35 bits per heavy atom. The van der Waals surface area contributed by atoms with E-state index in [2.05, 4.69) is 5.32 Å². The molecule has 23 heavy (non-hydrogen) atoms. The minimum Gasteiger partial charge on any atom is -0.325 e. The van der Waals surface area contributed by atoms with E-state index >= 15 is 0 Å². The molecule has 2 amide bonds. The molecule has 4 nitrogen and oxygen atoms in total. The van der Waals surface area contributed by atoms with Crippen molar-refractivity contribution in [2.75, 3.05) is 22.5 Å². The topological polar surface area (TPSA) is 49.4 Å². The second kappa shape index (κ2) is 8.39. The molecule has 0 heterocycles.